The minimum absolute atomic E-state index is 0.359. The highest BCUT2D eigenvalue weighted by atomic mass is 32.2. The third-order valence-electron chi connectivity index (χ3n) is 2.67. The van der Waals surface area contributed by atoms with E-state index in [0.717, 1.165) is 16.3 Å². The van der Waals surface area contributed by atoms with E-state index in [1.807, 2.05) is 37.3 Å². The predicted molar refractivity (Wildman–Crippen MR) is 69.5 cm³/mol. The van der Waals surface area contributed by atoms with E-state index in [1.54, 1.807) is 13.0 Å². The predicted octanol–water partition coefficient (Wildman–Crippen LogP) is 2.45. The summed E-state index contributed by atoms with van der Waals surface area (Å²) in [7, 11) is -3.38. The van der Waals surface area contributed by atoms with Crippen molar-refractivity contribution in [1.29, 1.82) is 0 Å². The maximum Gasteiger partial charge on any atom is 0.240 e. The van der Waals surface area contributed by atoms with Gasteiger partial charge in [-0.3, -0.25) is 0 Å². The Bertz CT molecular complexity index is 648. The van der Waals surface area contributed by atoms with Crippen LogP contribution in [0.3, 0.4) is 0 Å². The second kappa shape index (κ2) is 4.47. The summed E-state index contributed by atoms with van der Waals surface area (Å²) in [6, 6.07) is 11.4. The molecule has 0 saturated heterocycles. The molecule has 17 heavy (non-hydrogen) atoms. The first-order chi connectivity index (χ1) is 8.04. The zero-order valence-corrected chi connectivity index (χ0v) is 10.7. The van der Waals surface area contributed by atoms with Gasteiger partial charge in [-0.2, -0.15) is 0 Å². The van der Waals surface area contributed by atoms with E-state index in [4.69, 9.17) is 0 Å². The first kappa shape index (κ1) is 12.1. The third kappa shape index (κ3) is 2.33. The molecule has 2 aromatic carbocycles. The fourth-order valence-electron chi connectivity index (χ4n) is 1.89. The Labute approximate surface area is 102 Å². The number of hydrogen-bond donors (Lipinski definition) is 1. The number of fused-ring (bicyclic) bond motifs is 1. The SMILES string of the molecule is CCNS(=O)(=O)c1cc2ccccc2cc1C. The van der Waals surface area contributed by atoms with Crippen molar-refractivity contribution < 1.29 is 8.42 Å². The molecule has 0 spiro atoms. The molecule has 0 bridgehead atoms. The molecule has 0 aliphatic heterocycles. The smallest absolute Gasteiger partial charge is 0.211 e. The average Bonchev–Trinajstić information content (AvgIpc) is 2.27. The highest BCUT2D eigenvalue weighted by molar-refractivity contribution is 7.89. The van der Waals surface area contributed by atoms with Gasteiger partial charge in [0, 0.05) is 6.54 Å². The molecule has 0 saturated carbocycles. The summed E-state index contributed by atoms with van der Waals surface area (Å²) in [4.78, 5) is 0.359. The summed E-state index contributed by atoms with van der Waals surface area (Å²) in [6.45, 7) is 3.99. The molecule has 0 amide bonds. The largest absolute Gasteiger partial charge is 0.240 e. The normalized spacial score (nSPS) is 11.9. The second-order valence-electron chi connectivity index (χ2n) is 3.97. The minimum atomic E-state index is -3.38. The molecule has 0 unspecified atom stereocenters. The van der Waals surface area contributed by atoms with Crippen LogP contribution in [0.25, 0.3) is 10.8 Å². The number of rotatable bonds is 3. The summed E-state index contributed by atoms with van der Waals surface area (Å²) < 4.78 is 26.5. The Hall–Kier alpha value is -1.39. The maximum atomic E-state index is 12.0. The highest BCUT2D eigenvalue weighted by Crippen LogP contribution is 2.22. The van der Waals surface area contributed by atoms with Crippen LogP contribution >= 0.6 is 0 Å². The van der Waals surface area contributed by atoms with Crippen LogP contribution in [0.15, 0.2) is 41.3 Å². The lowest BCUT2D eigenvalue weighted by Gasteiger charge is -2.09. The fourth-order valence-corrected chi connectivity index (χ4v) is 3.19. The van der Waals surface area contributed by atoms with Gasteiger partial charge in [0.2, 0.25) is 10.0 Å². The molecule has 0 atom stereocenters. The summed E-state index contributed by atoms with van der Waals surface area (Å²) in [5.74, 6) is 0. The van der Waals surface area contributed by atoms with E-state index in [1.165, 1.54) is 0 Å². The van der Waals surface area contributed by atoms with Gasteiger partial charge >= 0.3 is 0 Å². The van der Waals surface area contributed by atoms with E-state index in [0.29, 0.717) is 11.4 Å². The lowest BCUT2D eigenvalue weighted by Crippen LogP contribution is -2.23. The van der Waals surface area contributed by atoms with Gasteiger partial charge in [0.05, 0.1) is 4.90 Å². The molecule has 0 heterocycles. The third-order valence-corrected chi connectivity index (χ3v) is 4.35. The van der Waals surface area contributed by atoms with E-state index in [-0.39, 0.29) is 0 Å². The molecule has 2 aromatic rings. The van der Waals surface area contributed by atoms with Crippen LogP contribution < -0.4 is 4.72 Å². The molecular formula is C13H15NO2S. The Balaban J connectivity index is 2.67. The van der Waals surface area contributed by atoms with Crippen molar-refractivity contribution in [3.05, 3.63) is 42.0 Å². The fraction of sp³-hybridized carbons (Fsp3) is 0.231. The Morgan fingerprint density at radius 3 is 2.29 bits per heavy atom. The Morgan fingerprint density at radius 2 is 1.71 bits per heavy atom. The number of aryl methyl sites for hydroxylation is 1. The van der Waals surface area contributed by atoms with Crippen LogP contribution in [0, 0.1) is 6.92 Å². The monoisotopic (exact) mass is 249 g/mol. The van der Waals surface area contributed by atoms with Crippen LogP contribution in [0.1, 0.15) is 12.5 Å². The first-order valence-corrected chi connectivity index (χ1v) is 7.02. The minimum Gasteiger partial charge on any atom is -0.211 e. The van der Waals surface area contributed by atoms with Crippen molar-refractivity contribution >= 4 is 20.8 Å². The zero-order chi connectivity index (χ0) is 12.5. The molecule has 0 fully saturated rings. The highest BCUT2D eigenvalue weighted by Gasteiger charge is 2.15. The van der Waals surface area contributed by atoms with Gasteiger partial charge in [0.25, 0.3) is 0 Å². The molecule has 2 rings (SSSR count). The van der Waals surface area contributed by atoms with Crippen molar-refractivity contribution in [2.75, 3.05) is 6.54 Å². The van der Waals surface area contributed by atoms with E-state index in [9.17, 15) is 8.42 Å². The lowest BCUT2D eigenvalue weighted by molar-refractivity contribution is 0.583. The standard InChI is InChI=1S/C13H15NO2S/c1-3-14-17(15,16)13-9-12-7-5-4-6-11(12)8-10(13)2/h4-9,14H,3H2,1-2H3. The molecule has 3 nitrogen and oxygen atoms in total. The van der Waals surface area contributed by atoms with E-state index < -0.39 is 10.0 Å². The molecule has 0 radical (unpaired) electrons. The van der Waals surface area contributed by atoms with Gasteiger partial charge in [-0.25, -0.2) is 13.1 Å². The molecular weight excluding hydrogens is 234 g/mol. The number of hydrogen-bond acceptors (Lipinski definition) is 2. The van der Waals surface area contributed by atoms with Crippen molar-refractivity contribution in [3.8, 4) is 0 Å². The molecule has 1 N–H and O–H groups in total. The van der Waals surface area contributed by atoms with Gasteiger partial charge in [0.15, 0.2) is 0 Å². The average molecular weight is 249 g/mol. The van der Waals surface area contributed by atoms with Gasteiger partial charge in [-0.1, -0.05) is 37.3 Å². The number of sulfonamides is 1. The van der Waals surface area contributed by atoms with Crippen molar-refractivity contribution in [1.82, 2.24) is 4.72 Å². The topological polar surface area (TPSA) is 46.2 Å². The Morgan fingerprint density at radius 1 is 1.12 bits per heavy atom. The van der Waals surface area contributed by atoms with Crippen molar-refractivity contribution in [2.45, 2.75) is 18.7 Å². The van der Waals surface area contributed by atoms with Crippen LogP contribution in [-0.2, 0) is 10.0 Å². The van der Waals surface area contributed by atoms with Crippen LogP contribution in [0.4, 0.5) is 0 Å². The summed E-state index contributed by atoms with van der Waals surface area (Å²) in [5, 5.41) is 2.00. The van der Waals surface area contributed by atoms with Crippen LogP contribution in [-0.4, -0.2) is 15.0 Å². The molecule has 4 heteroatoms. The van der Waals surface area contributed by atoms with Gasteiger partial charge < -0.3 is 0 Å². The quantitative estimate of drug-likeness (QED) is 0.908. The van der Waals surface area contributed by atoms with Gasteiger partial charge in [-0.05, 0) is 29.3 Å². The first-order valence-electron chi connectivity index (χ1n) is 5.53. The summed E-state index contributed by atoms with van der Waals surface area (Å²) in [6.07, 6.45) is 0. The number of nitrogens with one attached hydrogen (secondary N) is 1. The zero-order valence-electron chi connectivity index (χ0n) is 9.90. The molecule has 90 valence electrons. The van der Waals surface area contributed by atoms with E-state index >= 15 is 0 Å². The molecule has 0 aliphatic rings. The van der Waals surface area contributed by atoms with Crippen molar-refractivity contribution in [3.63, 3.8) is 0 Å². The summed E-state index contributed by atoms with van der Waals surface area (Å²) in [5.41, 5.74) is 0.768. The van der Waals surface area contributed by atoms with Gasteiger partial charge in [-0.15, -0.1) is 0 Å². The number of benzene rings is 2. The lowest BCUT2D eigenvalue weighted by atomic mass is 10.1. The maximum absolute atomic E-state index is 12.0. The van der Waals surface area contributed by atoms with Crippen LogP contribution in [0.2, 0.25) is 0 Å². The molecule has 0 aromatic heterocycles. The Kier molecular flexibility index (Phi) is 3.17. The van der Waals surface area contributed by atoms with E-state index in [2.05, 4.69) is 4.72 Å². The van der Waals surface area contributed by atoms with Crippen LogP contribution in [0.5, 0.6) is 0 Å². The molecule has 0 aliphatic carbocycles. The summed E-state index contributed by atoms with van der Waals surface area (Å²) >= 11 is 0. The van der Waals surface area contributed by atoms with Crippen molar-refractivity contribution in [2.24, 2.45) is 0 Å². The van der Waals surface area contributed by atoms with Gasteiger partial charge in [0.1, 0.15) is 0 Å². The second-order valence-corrected chi connectivity index (χ2v) is 5.70.